The Morgan fingerprint density at radius 2 is 2.00 bits per heavy atom. The Hall–Kier alpha value is -1.68. The third-order valence-corrected chi connectivity index (χ3v) is 3.55. The summed E-state index contributed by atoms with van der Waals surface area (Å²) in [6.07, 6.45) is 1.75. The standard InChI is InChI=1S/C15H21N3O/c1-11(2)12(3)16-8-9-18-15(19)14-7-5-4-6-13(14)10-17-18/h4-7,10-12,16H,8-9H2,1-3H3. The zero-order valence-electron chi connectivity index (χ0n) is 11.8. The average Bonchev–Trinajstić information content (AvgIpc) is 2.41. The zero-order chi connectivity index (χ0) is 13.8. The molecule has 4 heteroatoms. The van der Waals surface area contributed by atoms with Gasteiger partial charge >= 0.3 is 0 Å². The van der Waals surface area contributed by atoms with Gasteiger partial charge in [-0.25, -0.2) is 4.68 Å². The lowest BCUT2D eigenvalue weighted by Crippen LogP contribution is -2.35. The Kier molecular flexibility index (Phi) is 4.32. The van der Waals surface area contributed by atoms with Crippen molar-refractivity contribution in [2.24, 2.45) is 5.92 Å². The molecule has 2 aromatic rings. The molecule has 1 aromatic heterocycles. The molecule has 0 amide bonds. The lowest BCUT2D eigenvalue weighted by atomic mass is 10.1. The van der Waals surface area contributed by atoms with E-state index in [2.05, 4.69) is 31.2 Å². The van der Waals surface area contributed by atoms with E-state index in [4.69, 9.17) is 0 Å². The van der Waals surface area contributed by atoms with Crippen LogP contribution in [0.5, 0.6) is 0 Å². The van der Waals surface area contributed by atoms with E-state index in [0.29, 0.717) is 18.5 Å². The highest BCUT2D eigenvalue weighted by atomic mass is 16.1. The molecule has 0 fully saturated rings. The van der Waals surface area contributed by atoms with Gasteiger partial charge in [0.1, 0.15) is 0 Å². The highest BCUT2D eigenvalue weighted by molar-refractivity contribution is 5.80. The molecule has 0 saturated heterocycles. The number of aromatic nitrogens is 2. The van der Waals surface area contributed by atoms with Crippen molar-refractivity contribution in [2.75, 3.05) is 6.54 Å². The molecule has 1 aromatic carbocycles. The molecule has 19 heavy (non-hydrogen) atoms. The van der Waals surface area contributed by atoms with Crippen LogP contribution < -0.4 is 10.9 Å². The van der Waals surface area contributed by atoms with E-state index in [1.54, 1.807) is 6.20 Å². The smallest absolute Gasteiger partial charge is 0.274 e. The van der Waals surface area contributed by atoms with Crippen molar-refractivity contribution < 1.29 is 0 Å². The Bertz CT molecular complexity index is 604. The molecule has 2 rings (SSSR count). The van der Waals surface area contributed by atoms with Gasteiger partial charge in [-0.1, -0.05) is 32.0 Å². The van der Waals surface area contributed by atoms with Crippen molar-refractivity contribution in [3.8, 4) is 0 Å². The minimum absolute atomic E-state index is 0.0166. The van der Waals surface area contributed by atoms with E-state index in [-0.39, 0.29) is 5.56 Å². The summed E-state index contributed by atoms with van der Waals surface area (Å²) < 4.78 is 1.53. The topological polar surface area (TPSA) is 46.9 Å². The predicted octanol–water partition coefficient (Wildman–Crippen LogP) is 2.03. The number of hydrogen-bond donors (Lipinski definition) is 1. The summed E-state index contributed by atoms with van der Waals surface area (Å²) in [5.74, 6) is 0.585. The van der Waals surface area contributed by atoms with Gasteiger partial charge in [0.25, 0.3) is 5.56 Å². The zero-order valence-corrected chi connectivity index (χ0v) is 11.8. The number of fused-ring (bicyclic) bond motifs is 1. The molecule has 102 valence electrons. The van der Waals surface area contributed by atoms with E-state index < -0.39 is 0 Å². The Labute approximate surface area is 113 Å². The van der Waals surface area contributed by atoms with Gasteiger partial charge in [0, 0.05) is 18.0 Å². The molecule has 0 aliphatic heterocycles. The second-order valence-corrected chi connectivity index (χ2v) is 5.25. The number of nitrogens with zero attached hydrogens (tertiary/aromatic N) is 2. The summed E-state index contributed by atoms with van der Waals surface area (Å²) in [4.78, 5) is 12.2. The molecule has 0 aliphatic rings. The van der Waals surface area contributed by atoms with Crippen molar-refractivity contribution in [2.45, 2.75) is 33.4 Å². The second kappa shape index (κ2) is 5.97. The molecule has 0 spiro atoms. The van der Waals surface area contributed by atoms with Gasteiger partial charge < -0.3 is 5.32 Å². The van der Waals surface area contributed by atoms with Gasteiger partial charge in [-0.3, -0.25) is 4.79 Å². The molecule has 1 N–H and O–H groups in total. The summed E-state index contributed by atoms with van der Waals surface area (Å²) in [5.41, 5.74) is -0.0166. The molecule has 0 radical (unpaired) electrons. The van der Waals surface area contributed by atoms with E-state index in [9.17, 15) is 4.79 Å². The van der Waals surface area contributed by atoms with Crippen LogP contribution in [0.1, 0.15) is 20.8 Å². The van der Waals surface area contributed by atoms with Crippen molar-refractivity contribution in [3.05, 3.63) is 40.8 Å². The molecule has 0 aliphatic carbocycles. The normalized spacial score (nSPS) is 13.1. The number of hydrogen-bond acceptors (Lipinski definition) is 3. The fourth-order valence-electron chi connectivity index (χ4n) is 1.92. The first kappa shape index (κ1) is 13.7. The first-order valence-electron chi connectivity index (χ1n) is 6.78. The third-order valence-electron chi connectivity index (χ3n) is 3.55. The summed E-state index contributed by atoms with van der Waals surface area (Å²) in [6.45, 7) is 7.86. The Balaban J connectivity index is 2.09. The predicted molar refractivity (Wildman–Crippen MR) is 78.3 cm³/mol. The van der Waals surface area contributed by atoms with Gasteiger partial charge in [0.05, 0.1) is 18.1 Å². The maximum atomic E-state index is 12.2. The van der Waals surface area contributed by atoms with Crippen LogP contribution in [0.2, 0.25) is 0 Å². The first-order valence-corrected chi connectivity index (χ1v) is 6.78. The van der Waals surface area contributed by atoms with Crippen LogP contribution in [0.3, 0.4) is 0 Å². The monoisotopic (exact) mass is 259 g/mol. The van der Waals surface area contributed by atoms with Crippen LogP contribution in [0.4, 0.5) is 0 Å². The van der Waals surface area contributed by atoms with E-state index in [0.717, 1.165) is 17.3 Å². The fourth-order valence-corrected chi connectivity index (χ4v) is 1.92. The van der Waals surface area contributed by atoms with Crippen molar-refractivity contribution in [1.29, 1.82) is 0 Å². The SMILES string of the molecule is CC(C)C(C)NCCn1ncc2ccccc2c1=O. The summed E-state index contributed by atoms with van der Waals surface area (Å²) in [7, 11) is 0. The van der Waals surface area contributed by atoms with E-state index in [1.165, 1.54) is 4.68 Å². The summed E-state index contributed by atoms with van der Waals surface area (Å²) in [5, 5.41) is 9.24. The van der Waals surface area contributed by atoms with Crippen LogP contribution >= 0.6 is 0 Å². The molecule has 1 heterocycles. The first-order chi connectivity index (χ1) is 9.09. The Morgan fingerprint density at radius 1 is 1.26 bits per heavy atom. The average molecular weight is 259 g/mol. The van der Waals surface area contributed by atoms with Crippen LogP contribution in [0, 0.1) is 5.92 Å². The van der Waals surface area contributed by atoms with Crippen molar-refractivity contribution in [1.82, 2.24) is 15.1 Å². The summed E-state index contributed by atoms with van der Waals surface area (Å²) in [6, 6.07) is 8.00. The number of nitrogens with one attached hydrogen (secondary N) is 1. The fraction of sp³-hybridized carbons (Fsp3) is 0.467. The molecule has 0 saturated carbocycles. The quantitative estimate of drug-likeness (QED) is 0.893. The minimum Gasteiger partial charge on any atom is -0.312 e. The highest BCUT2D eigenvalue weighted by Gasteiger charge is 2.07. The van der Waals surface area contributed by atoms with Gasteiger partial charge in [0.15, 0.2) is 0 Å². The van der Waals surface area contributed by atoms with Crippen molar-refractivity contribution in [3.63, 3.8) is 0 Å². The van der Waals surface area contributed by atoms with Gasteiger partial charge in [-0.2, -0.15) is 5.10 Å². The van der Waals surface area contributed by atoms with Gasteiger partial charge in [0.2, 0.25) is 0 Å². The van der Waals surface area contributed by atoms with Crippen LogP contribution in [0.25, 0.3) is 10.8 Å². The highest BCUT2D eigenvalue weighted by Crippen LogP contribution is 2.06. The van der Waals surface area contributed by atoms with Crippen LogP contribution in [-0.4, -0.2) is 22.4 Å². The molecular weight excluding hydrogens is 238 g/mol. The molecule has 1 unspecified atom stereocenters. The van der Waals surface area contributed by atoms with Crippen LogP contribution in [0.15, 0.2) is 35.3 Å². The lowest BCUT2D eigenvalue weighted by Gasteiger charge is -2.17. The van der Waals surface area contributed by atoms with Gasteiger partial charge in [-0.05, 0) is 18.9 Å². The lowest BCUT2D eigenvalue weighted by molar-refractivity contribution is 0.407. The molecule has 4 nitrogen and oxygen atoms in total. The van der Waals surface area contributed by atoms with Gasteiger partial charge in [-0.15, -0.1) is 0 Å². The molecular formula is C15H21N3O. The summed E-state index contributed by atoms with van der Waals surface area (Å²) >= 11 is 0. The number of benzene rings is 1. The maximum absolute atomic E-state index is 12.2. The Morgan fingerprint density at radius 3 is 2.74 bits per heavy atom. The third kappa shape index (κ3) is 3.20. The molecule has 0 bridgehead atoms. The maximum Gasteiger partial charge on any atom is 0.274 e. The number of rotatable bonds is 5. The largest absolute Gasteiger partial charge is 0.312 e. The molecule has 1 atom stereocenters. The van der Waals surface area contributed by atoms with E-state index in [1.807, 2.05) is 24.3 Å². The minimum atomic E-state index is -0.0166. The second-order valence-electron chi connectivity index (χ2n) is 5.25. The van der Waals surface area contributed by atoms with Crippen LogP contribution in [-0.2, 0) is 6.54 Å². The van der Waals surface area contributed by atoms with E-state index >= 15 is 0 Å². The van der Waals surface area contributed by atoms with Crippen molar-refractivity contribution >= 4 is 10.8 Å².